The Bertz CT molecular complexity index is 1650. The van der Waals surface area contributed by atoms with Crippen molar-refractivity contribution in [3.63, 3.8) is 0 Å². The quantitative estimate of drug-likeness (QED) is 0.219. The number of benzene rings is 2. The van der Waals surface area contributed by atoms with Crippen molar-refractivity contribution in [2.75, 3.05) is 12.3 Å². The number of anilines is 1. The molecule has 226 valence electrons. The molecule has 43 heavy (non-hydrogen) atoms. The van der Waals surface area contributed by atoms with Gasteiger partial charge in [0, 0.05) is 28.9 Å². The van der Waals surface area contributed by atoms with Crippen molar-refractivity contribution in [2.45, 2.75) is 65.6 Å². The summed E-state index contributed by atoms with van der Waals surface area (Å²) in [6, 6.07) is 15.1. The molecule has 4 aromatic rings. The van der Waals surface area contributed by atoms with Gasteiger partial charge in [-0.3, -0.25) is 14.4 Å². The lowest BCUT2D eigenvalue weighted by Gasteiger charge is -2.34. The molecule has 1 atom stereocenters. The Morgan fingerprint density at radius 3 is 2.40 bits per heavy atom. The first-order chi connectivity index (χ1) is 20.7. The topological polar surface area (TPSA) is 137 Å². The zero-order chi connectivity index (χ0) is 31.1. The minimum absolute atomic E-state index is 0.0178. The standard InChI is InChI=1S/C32H37N5O5S/c1-5-7-13-25(29(38)34-18-21-11-9-8-10-12-21)36(20(3)4)30(39)22-14-16-23(17-15-22)37-31(40)26-24(19-43-28(26)33)27(35-37)32(41)42-6-2/h8-12,14-17,19-20,25H,5-7,13,18,33H2,1-4H3,(H,34,38). The Morgan fingerprint density at radius 2 is 1.77 bits per heavy atom. The normalized spacial score (nSPS) is 11.8. The molecule has 3 N–H and O–H groups in total. The Balaban J connectivity index is 1.65. The number of carbonyl (C=O) groups is 3. The van der Waals surface area contributed by atoms with Gasteiger partial charge in [-0.15, -0.1) is 11.3 Å². The van der Waals surface area contributed by atoms with E-state index in [1.807, 2.05) is 51.1 Å². The zero-order valence-electron chi connectivity index (χ0n) is 24.8. The third-order valence-corrected chi connectivity index (χ3v) is 7.89. The molecular formula is C32H37N5O5S. The van der Waals surface area contributed by atoms with Crippen molar-refractivity contribution in [1.29, 1.82) is 0 Å². The van der Waals surface area contributed by atoms with Gasteiger partial charge in [-0.25, -0.2) is 4.79 Å². The molecule has 0 aliphatic carbocycles. The summed E-state index contributed by atoms with van der Waals surface area (Å²) >= 11 is 1.14. The number of hydrogen-bond acceptors (Lipinski definition) is 8. The van der Waals surface area contributed by atoms with E-state index in [2.05, 4.69) is 10.4 Å². The fraction of sp³-hybridized carbons (Fsp3) is 0.344. The highest BCUT2D eigenvalue weighted by atomic mass is 32.1. The molecule has 1 unspecified atom stereocenters. The smallest absolute Gasteiger partial charge is 0.359 e. The molecule has 0 bridgehead atoms. The second kappa shape index (κ2) is 14.1. The molecule has 2 aromatic heterocycles. The van der Waals surface area contributed by atoms with E-state index in [1.165, 1.54) is 0 Å². The second-order valence-corrected chi connectivity index (χ2v) is 11.3. The number of esters is 1. The highest BCUT2D eigenvalue weighted by Crippen LogP contribution is 2.28. The van der Waals surface area contributed by atoms with Crippen molar-refractivity contribution < 1.29 is 19.1 Å². The summed E-state index contributed by atoms with van der Waals surface area (Å²) in [6.45, 7) is 8.01. The second-order valence-electron chi connectivity index (χ2n) is 10.4. The van der Waals surface area contributed by atoms with Crippen LogP contribution >= 0.6 is 11.3 Å². The van der Waals surface area contributed by atoms with Crippen LogP contribution in [0.3, 0.4) is 0 Å². The Labute approximate surface area is 254 Å². The summed E-state index contributed by atoms with van der Waals surface area (Å²) in [6.07, 6.45) is 2.19. The van der Waals surface area contributed by atoms with Crippen LogP contribution in [0, 0.1) is 0 Å². The summed E-state index contributed by atoms with van der Waals surface area (Å²) in [7, 11) is 0. The number of rotatable bonds is 12. The maximum absolute atomic E-state index is 13.9. The largest absolute Gasteiger partial charge is 0.461 e. The van der Waals surface area contributed by atoms with Crippen molar-refractivity contribution >= 4 is 44.9 Å². The van der Waals surface area contributed by atoms with E-state index in [0.717, 1.165) is 34.4 Å². The number of nitrogens with two attached hydrogens (primary N) is 1. The van der Waals surface area contributed by atoms with Crippen LogP contribution in [0.15, 0.2) is 64.8 Å². The highest BCUT2D eigenvalue weighted by Gasteiger charge is 2.32. The van der Waals surface area contributed by atoms with E-state index in [0.29, 0.717) is 29.6 Å². The summed E-state index contributed by atoms with van der Waals surface area (Å²) in [5.74, 6) is -1.18. The van der Waals surface area contributed by atoms with E-state index in [4.69, 9.17) is 10.5 Å². The van der Waals surface area contributed by atoms with Crippen molar-refractivity contribution in [1.82, 2.24) is 20.0 Å². The van der Waals surface area contributed by atoms with Gasteiger partial charge in [0.2, 0.25) is 5.91 Å². The number of nitrogens with zero attached hydrogens (tertiary/aromatic N) is 3. The molecule has 2 aromatic carbocycles. The molecule has 0 radical (unpaired) electrons. The maximum atomic E-state index is 13.9. The minimum atomic E-state index is -0.665. The van der Waals surface area contributed by atoms with Crippen molar-refractivity contribution in [2.24, 2.45) is 0 Å². The molecule has 2 heterocycles. The Morgan fingerprint density at radius 1 is 1.07 bits per heavy atom. The Kier molecular flexibility index (Phi) is 10.3. The van der Waals surface area contributed by atoms with Crippen LogP contribution in [0.5, 0.6) is 0 Å². The SMILES string of the molecule is CCCCC(C(=O)NCc1ccccc1)N(C(=O)c1ccc(-n2nc(C(=O)OCC)c3csc(N)c3c2=O)cc1)C(C)C. The summed E-state index contributed by atoms with van der Waals surface area (Å²) in [5, 5.41) is 9.71. The van der Waals surface area contributed by atoms with E-state index in [9.17, 15) is 19.2 Å². The van der Waals surface area contributed by atoms with Crippen LogP contribution in [0.4, 0.5) is 5.00 Å². The molecule has 2 amide bonds. The van der Waals surface area contributed by atoms with Crippen LogP contribution in [-0.2, 0) is 16.1 Å². The lowest BCUT2D eigenvalue weighted by molar-refractivity contribution is -0.126. The predicted octanol–water partition coefficient (Wildman–Crippen LogP) is 4.93. The van der Waals surface area contributed by atoms with Crippen molar-refractivity contribution in [3.05, 3.63) is 87.2 Å². The van der Waals surface area contributed by atoms with Gasteiger partial charge in [-0.2, -0.15) is 9.78 Å². The minimum Gasteiger partial charge on any atom is -0.461 e. The van der Waals surface area contributed by atoms with Crippen LogP contribution in [0.1, 0.15) is 73.4 Å². The van der Waals surface area contributed by atoms with E-state index in [-0.39, 0.29) is 40.5 Å². The molecule has 0 spiro atoms. The summed E-state index contributed by atoms with van der Waals surface area (Å²) in [5.41, 5.74) is 7.24. The summed E-state index contributed by atoms with van der Waals surface area (Å²) in [4.78, 5) is 54.9. The molecule has 0 saturated carbocycles. The Hall–Kier alpha value is -4.51. The molecular weight excluding hydrogens is 566 g/mol. The number of carbonyl (C=O) groups excluding carboxylic acids is 3. The monoisotopic (exact) mass is 603 g/mol. The number of nitrogen functional groups attached to an aromatic ring is 1. The number of ether oxygens (including phenoxy) is 1. The fourth-order valence-corrected chi connectivity index (χ4v) is 5.71. The highest BCUT2D eigenvalue weighted by molar-refractivity contribution is 7.15. The molecule has 0 fully saturated rings. The average Bonchev–Trinajstić information content (AvgIpc) is 3.40. The maximum Gasteiger partial charge on any atom is 0.359 e. The van der Waals surface area contributed by atoms with Gasteiger partial charge in [-0.1, -0.05) is 50.1 Å². The number of hydrogen-bond donors (Lipinski definition) is 2. The third-order valence-electron chi connectivity index (χ3n) is 7.08. The first-order valence-electron chi connectivity index (χ1n) is 14.4. The van der Waals surface area contributed by atoms with Gasteiger partial charge >= 0.3 is 5.97 Å². The van der Waals surface area contributed by atoms with E-state index >= 15 is 0 Å². The number of nitrogens with one attached hydrogen (secondary N) is 1. The molecule has 4 rings (SSSR count). The van der Waals surface area contributed by atoms with Crippen LogP contribution < -0.4 is 16.6 Å². The number of thiophene rings is 1. The third kappa shape index (κ3) is 6.94. The number of amides is 2. The molecule has 0 saturated heterocycles. The van der Waals surface area contributed by atoms with Crippen LogP contribution in [0.25, 0.3) is 16.5 Å². The average molecular weight is 604 g/mol. The van der Waals surface area contributed by atoms with E-state index < -0.39 is 17.6 Å². The van der Waals surface area contributed by atoms with Gasteiger partial charge in [0.25, 0.3) is 11.5 Å². The van der Waals surface area contributed by atoms with Gasteiger partial charge in [0.1, 0.15) is 6.04 Å². The molecule has 0 aliphatic heterocycles. The lowest BCUT2D eigenvalue weighted by atomic mass is 10.0. The zero-order valence-corrected chi connectivity index (χ0v) is 25.6. The first-order valence-corrected chi connectivity index (χ1v) is 15.3. The molecule has 0 aliphatic rings. The van der Waals surface area contributed by atoms with Gasteiger partial charge in [0.05, 0.1) is 22.7 Å². The lowest BCUT2D eigenvalue weighted by Crippen LogP contribution is -2.52. The van der Waals surface area contributed by atoms with Gasteiger partial charge in [-0.05, 0) is 57.0 Å². The van der Waals surface area contributed by atoms with Gasteiger partial charge in [0.15, 0.2) is 5.69 Å². The summed E-state index contributed by atoms with van der Waals surface area (Å²) < 4.78 is 6.24. The van der Waals surface area contributed by atoms with Gasteiger partial charge < -0.3 is 20.7 Å². The van der Waals surface area contributed by atoms with Crippen LogP contribution in [-0.4, -0.2) is 51.2 Å². The number of fused-ring (bicyclic) bond motifs is 1. The van der Waals surface area contributed by atoms with Crippen molar-refractivity contribution in [3.8, 4) is 5.69 Å². The molecule has 11 heteroatoms. The first kappa shape index (κ1) is 31.4. The van der Waals surface area contributed by atoms with Crippen LogP contribution in [0.2, 0.25) is 0 Å². The fourth-order valence-electron chi connectivity index (χ4n) is 4.93. The predicted molar refractivity (Wildman–Crippen MR) is 168 cm³/mol. The number of aromatic nitrogens is 2. The van der Waals surface area contributed by atoms with E-state index in [1.54, 1.807) is 41.5 Å². The molecule has 10 nitrogen and oxygen atoms in total. The number of unbranched alkanes of at least 4 members (excludes halogenated alkanes) is 1.